The van der Waals surface area contributed by atoms with E-state index in [0.717, 1.165) is 37.2 Å². The van der Waals surface area contributed by atoms with Gasteiger partial charge in [-0.25, -0.2) is 4.39 Å². The zero-order valence-corrected chi connectivity index (χ0v) is 23.4. The molecule has 0 unspecified atom stereocenters. The summed E-state index contributed by atoms with van der Waals surface area (Å²) in [7, 11) is 0. The number of carbonyl (C=O) groups is 1. The molecule has 2 aliphatic rings. The molecule has 0 bridgehead atoms. The summed E-state index contributed by atoms with van der Waals surface area (Å²) in [6.07, 6.45) is 2.65. The van der Waals surface area contributed by atoms with Gasteiger partial charge in [-0.15, -0.1) is 0 Å². The molecule has 194 valence electrons. The standard InChI is InChI=1S/C29H29Cl3FN3O/c1-29(2,3)35-13-11-17(12-14-35)24-16-25-20(27(34-24)19-8-7-18(33)15-23(19)32)9-10-26(37)36(25)28-21(30)5-4-6-22(28)31/h4-8,15-17H,9-14H2,1-3H3. The third-order valence-corrected chi connectivity index (χ3v) is 8.33. The third kappa shape index (κ3) is 5.12. The van der Waals surface area contributed by atoms with Gasteiger partial charge in [-0.05, 0) is 89.5 Å². The van der Waals surface area contributed by atoms with E-state index in [-0.39, 0.29) is 28.8 Å². The molecule has 0 saturated carbocycles. The highest BCUT2D eigenvalue weighted by Crippen LogP contribution is 2.46. The molecule has 0 aliphatic carbocycles. The summed E-state index contributed by atoms with van der Waals surface area (Å²) in [5, 5.41) is 1.08. The summed E-state index contributed by atoms with van der Waals surface area (Å²) in [5.41, 5.74) is 4.37. The summed E-state index contributed by atoms with van der Waals surface area (Å²) in [6, 6.07) is 11.6. The zero-order valence-electron chi connectivity index (χ0n) is 21.1. The number of para-hydroxylation sites is 1. The molecule has 1 fully saturated rings. The first-order chi connectivity index (χ1) is 17.5. The molecular weight excluding hydrogens is 532 g/mol. The van der Waals surface area contributed by atoms with Crippen LogP contribution in [0.25, 0.3) is 11.3 Å². The van der Waals surface area contributed by atoms with Crippen molar-refractivity contribution in [2.24, 2.45) is 0 Å². The highest BCUT2D eigenvalue weighted by molar-refractivity contribution is 6.40. The minimum atomic E-state index is -0.409. The van der Waals surface area contributed by atoms with Gasteiger partial charge in [0, 0.05) is 34.7 Å². The van der Waals surface area contributed by atoms with Gasteiger partial charge in [-0.1, -0.05) is 40.9 Å². The van der Waals surface area contributed by atoms with Gasteiger partial charge in [-0.2, -0.15) is 0 Å². The lowest BCUT2D eigenvalue weighted by atomic mass is 9.87. The van der Waals surface area contributed by atoms with Gasteiger partial charge >= 0.3 is 0 Å². The number of fused-ring (bicyclic) bond motifs is 1. The SMILES string of the molecule is CC(C)(C)N1CCC(c2cc3c(c(-c4ccc(F)cc4Cl)n2)CCC(=O)N3c2c(Cl)cccc2Cl)CC1. The van der Waals surface area contributed by atoms with Crippen LogP contribution in [-0.2, 0) is 11.2 Å². The van der Waals surface area contributed by atoms with Crippen molar-refractivity contribution in [1.29, 1.82) is 0 Å². The number of nitrogens with zero attached hydrogens (tertiary/aromatic N) is 3. The van der Waals surface area contributed by atoms with E-state index in [1.54, 1.807) is 29.2 Å². The maximum absolute atomic E-state index is 13.9. The van der Waals surface area contributed by atoms with Crippen molar-refractivity contribution in [3.8, 4) is 11.3 Å². The van der Waals surface area contributed by atoms with Crippen molar-refractivity contribution in [2.75, 3.05) is 18.0 Å². The van der Waals surface area contributed by atoms with Crippen LogP contribution in [0.5, 0.6) is 0 Å². The number of anilines is 2. The number of likely N-dealkylation sites (tertiary alicyclic amines) is 1. The van der Waals surface area contributed by atoms with E-state index in [9.17, 15) is 9.18 Å². The van der Waals surface area contributed by atoms with Crippen LogP contribution in [-0.4, -0.2) is 34.4 Å². The summed E-state index contributed by atoms with van der Waals surface area (Å²) in [6.45, 7) is 8.61. The Bertz CT molecular complexity index is 1340. The van der Waals surface area contributed by atoms with Gasteiger partial charge in [-0.3, -0.25) is 19.6 Å². The molecule has 37 heavy (non-hydrogen) atoms. The van der Waals surface area contributed by atoms with Crippen molar-refractivity contribution in [3.05, 3.63) is 74.6 Å². The number of aromatic nitrogens is 1. The quantitative estimate of drug-likeness (QED) is 0.322. The van der Waals surface area contributed by atoms with Crippen LogP contribution in [0.1, 0.15) is 57.2 Å². The largest absolute Gasteiger partial charge is 0.298 e. The van der Waals surface area contributed by atoms with Gasteiger partial charge in [0.25, 0.3) is 0 Å². The molecule has 3 aromatic rings. The van der Waals surface area contributed by atoms with E-state index in [4.69, 9.17) is 39.8 Å². The van der Waals surface area contributed by atoms with Crippen molar-refractivity contribution >= 4 is 52.1 Å². The molecule has 5 rings (SSSR count). The highest BCUT2D eigenvalue weighted by atomic mass is 35.5. The Hall–Kier alpha value is -2.18. The third-order valence-electron chi connectivity index (χ3n) is 7.41. The van der Waals surface area contributed by atoms with E-state index < -0.39 is 5.82 Å². The number of halogens is 4. The van der Waals surface area contributed by atoms with Crippen molar-refractivity contribution in [3.63, 3.8) is 0 Å². The van der Waals surface area contributed by atoms with Crippen LogP contribution in [0.4, 0.5) is 15.8 Å². The molecule has 2 aliphatic heterocycles. The predicted molar refractivity (Wildman–Crippen MR) is 150 cm³/mol. The molecule has 4 nitrogen and oxygen atoms in total. The Balaban J connectivity index is 1.68. The van der Waals surface area contributed by atoms with E-state index in [1.807, 2.05) is 6.07 Å². The molecule has 3 heterocycles. The van der Waals surface area contributed by atoms with Gasteiger partial charge in [0.1, 0.15) is 5.82 Å². The van der Waals surface area contributed by atoms with E-state index >= 15 is 0 Å². The van der Waals surface area contributed by atoms with Gasteiger partial charge < -0.3 is 0 Å². The average molecular weight is 561 g/mol. The molecule has 0 radical (unpaired) electrons. The van der Waals surface area contributed by atoms with Crippen molar-refractivity contribution in [1.82, 2.24) is 9.88 Å². The number of piperidine rings is 1. The second kappa shape index (κ2) is 10.2. The predicted octanol–water partition coefficient (Wildman–Crippen LogP) is 8.44. The minimum absolute atomic E-state index is 0.0849. The molecule has 1 saturated heterocycles. The fourth-order valence-electron chi connectivity index (χ4n) is 5.41. The maximum Gasteiger partial charge on any atom is 0.231 e. The molecule has 8 heteroatoms. The van der Waals surface area contributed by atoms with Gasteiger partial charge in [0.2, 0.25) is 5.91 Å². The van der Waals surface area contributed by atoms with E-state index in [0.29, 0.717) is 39.1 Å². The second-order valence-corrected chi connectivity index (χ2v) is 12.0. The Morgan fingerprint density at radius 1 is 0.946 bits per heavy atom. The molecule has 1 aromatic heterocycles. The molecular formula is C29H29Cl3FN3O. The van der Waals surface area contributed by atoms with Crippen LogP contribution in [0.15, 0.2) is 42.5 Å². The fourth-order valence-corrected chi connectivity index (χ4v) is 6.23. The topological polar surface area (TPSA) is 36.4 Å². The Morgan fingerprint density at radius 3 is 2.24 bits per heavy atom. The summed E-state index contributed by atoms with van der Waals surface area (Å²) in [4.78, 5) is 22.6. The van der Waals surface area contributed by atoms with Gasteiger partial charge in [0.15, 0.2) is 0 Å². The maximum atomic E-state index is 13.9. The molecule has 0 N–H and O–H groups in total. The first-order valence-corrected chi connectivity index (χ1v) is 13.7. The number of benzene rings is 2. The number of hydrogen-bond acceptors (Lipinski definition) is 3. The molecule has 1 amide bonds. The van der Waals surface area contributed by atoms with E-state index in [2.05, 4.69) is 25.7 Å². The smallest absolute Gasteiger partial charge is 0.231 e. The first kappa shape index (κ1) is 26.4. The van der Waals surface area contributed by atoms with Crippen LogP contribution >= 0.6 is 34.8 Å². The Morgan fingerprint density at radius 2 is 1.62 bits per heavy atom. The Labute approximate surface area is 232 Å². The summed E-state index contributed by atoms with van der Waals surface area (Å²) >= 11 is 19.7. The number of pyridine rings is 1. The Kier molecular flexibility index (Phi) is 7.27. The first-order valence-electron chi connectivity index (χ1n) is 12.6. The second-order valence-electron chi connectivity index (χ2n) is 10.7. The normalized spacial score (nSPS) is 17.3. The van der Waals surface area contributed by atoms with Crippen LogP contribution in [0.3, 0.4) is 0 Å². The van der Waals surface area contributed by atoms with E-state index in [1.165, 1.54) is 12.1 Å². The lowest BCUT2D eigenvalue weighted by molar-refractivity contribution is -0.118. The monoisotopic (exact) mass is 559 g/mol. The highest BCUT2D eigenvalue weighted by Gasteiger charge is 2.34. The van der Waals surface area contributed by atoms with Gasteiger partial charge in [0.05, 0.1) is 32.1 Å². The lowest BCUT2D eigenvalue weighted by Crippen LogP contribution is -2.45. The minimum Gasteiger partial charge on any atom is -0.298 e. The van der Waals surface area contributed by atoms with Crippen LogP contribution in [0, 0.1) is 5.82 Å². The number of hydrogen-bond donors (Lipinski definition) is 0. The number of carbonyl (C=O) groups excluding carboxylic acids is 1. The van der Waals surface area contributed by atoms with Crippen LogP contribution < -0.4 is 4.90 Å². The summed E-state index contributed by atoms with van der Waals surface area (Å²) < 4.78 is 13.9. The lowest BCUT2D eigenvalue weighted by Gasteiger charge is -2.41. The number of rotatable bonds is 3. The van der Waals surface area contributed by atoms with Crippen molar-refractivity contribution < 1.29 is 9.18 Å². The number of amides is 1. The average Bonchev–Trinajstić information content (AvgIpc) is 2.84. The zero-order chi connectivity index (χ0) is 26.5. The molecule has 2 aromatic carbocycles. The van der Waals surface area contributed by atoms with Crippen LogP contribution in [0.2, 0.25) is 15.1 Å². The fraction of sp³-hybridized carbons (Fsp3) is 0.379. The molecule has 0 spiro atoms. The summed E-state index contributed by atoms with van der Waals surface area (Å²) in [5.74, 6) is -0.284. The molecule has 0 atom stereocenters. The van der Waals surface area contributed by atoms with Crippen molar-refractivity contribution in [2.45, 2.75) is 57.9 Å².